The summed E-state index contributed by atoms with van der Waals surface area (Å²) >= 11 is 1.49. The van der Waals surface area contributed by atoms with Crippen LogP contribution in [0.5, 0.6) is 0 Å². The molecule has 3 heterocycles. The van der Waals surface area contributed by atoms with Crippen LogP contribution in [0, 0.1) is 5.41 Å². The number of nitrogens with one attached hydrogen (secondary N) is 2. The van der Waals surface area contributed by atoms with Crippen LogP contribution in [0.1, 0.15) is 64.2 Å². The molecular formula is C20H32N6OS. The fraction of sp³-hybridized carbons (Fsp3) is 0.850. The van der Waals surface area contributed by atoms with E-state index < -0.39 is 0 Å². The van der Waals surface area contributed by atoms with Crippen LogP contribution in [0.2, 0.25) is 0 Å². The fourth-order valence-corrected chi connectivity index (χ4v) is 6.41. The first-order chi connectivity index (χ1) is 13.7. The van der Waals surface area contributed by atoms with Crippen molar-refractivity contribution in [3.05, 3.63) is 0 Å². The first-order valence-corrected chi connectivity index (χ1v) is 11.9. The van der Waals surface area contributed by atoms with Gasteiger partial charge in [0.15, 0.2) is 0 Å². The Labute approximate surface area is 171 Å². The van der Waals surface area contributed by atoms with Gasteiger partial charge < -0.3 is 10.2 Å². The molecule has 8 heteroatoms. The molecule has 0 radical (unpaired) electrons. The van der Waals surface area contributed by atoms with Gasteiger partial charge in [-0.25, -0.2) is 4.79 Å². The minimum absolute atomic E-state index is 0.145. The van der Waals surface area contributed by atoms with Crippen LogP contribution in [0.3, 0.4) is 0 Å². The molecule has 4 fully saturated rings. The Morgan fingerprint density at radius 2 is 1.68 bits per heavy atom. The van der Waals surface area contributed by atoms with Gasteiger partial charge in [-0.15, -0.1) is 10.2 Å². The lowest BCUT2D eigenvalue weighted by Crippen LogP contribution is -2.62. The lowest BCUT2D eigenvalue weighted by Gasteiger charge is -2.56. The van der Waals surface area contributed by atoms with Crippen LogP contribution in [0.25, 0.3) is 0 Å². The number of likely N-dealkylation sites (tertiary alicyclic amines) is 1. The molecule has 154 valence electrons. The molecule has 0 atom stereocenters. The molecule has 2 saturated carbocycles. The van der Waals surface area contributed by atoms with E-state index in [4.69, 9.17) is 0 Å². The molecule has 7 nitrogen and oxygen atoms in total. The number of amides is 2. The van der Waals surface area contributed by atoms with Crippen LogP contribution in [0.15, 0.2) is 0 Å². The lowest BCUT2D eigenvalue weighted by atomic mass is 9.71. The maximum atomic E-state index is 12.1. The zero-order chi connectivity index (χ0) is 19.0. The quantitative estimate of drug-likeness (QED) is 0.804. The van der Waals surface area contributed by atoms with Crippen molar-refractivity contribution in [2.24, 2.45) is 5.41 Å². The van der Waals surface area contributed by atoms with Crippen molar-refractivity contribution < 1.29 is 4.79 Å². The summed E-state index contributed by atoms with van der Waals surface area (Å²) < 4.78 is 0. The van der Waals surface area contributed by atoms with Gasteiger partial charge in [0.2, 0.25) is 10.3 Å². The molecule has 2 aliphatic heterocycles. The van der Waals surface area contributed by atoms with E-state index in [0.717, 1.165) is 37.1 Å². The van der Waals surface area contributed by atoms with Crippen LogP contribution < -0.4 is 15.5 Å². The highest BCUT2D eigenvalue weighted by Gasteiger charge is 2.47. The van der Waals surface area contributed by atoms with E-state index >= 15 is 0 Å². The Hall–Kier alpha value is -1.41. The molecule has 0 bridgehead atoms. The number of rotatable bonds is 4. The normalized spacial score (nSPS) is 25.9. The van der Waals surface area contributed by atoms with Gasteiger partial charge in [0, 0.05) is 38.3 Å². The third-order valence-electron chi connectivity index (χ3n) is 7.34. The van der Waals surface area contributed by atoms with Gasteiger partial charge >= 0.3 is 6.03 Å². The van der Waals surface area contributed by atoms with E-state index in [9.17, 15) is 4.79 Å². The average Bonchev–Trinajstić information content (AvgIpc) is 3.43. The van der Waals surface area contributed by atoms with Gasteiger partial charge in [-0.2, -0.15) is 0 Å². The molecule has 2 amide bonds. The van der Waals surface area contributed by atoms with Crippen molar-refractivity contribution in [1.29, 1.82) is 0 Å². The van der Waals surface area contributed by atoms with E-state index in [-0.39, 0.29) is 6.03 Å². The number of nitrogens with zero attached hydrogens (tertiary/aromatic N) is 4. The predicted octanol–water partition coefficient (Wildman–Crippen LogP) is 3.45. The Morgan fingerprint density at radius 1 is 1.00 bits per heavy atom. The lowest BCUT2D eigenvalue weighted by molar-refractivity contribution is -0.0452. The molecular weight excluding hydrogens is 372 g/mol. The largest absolute Gasteiger partial charge is 0.347 e. The summed E-state index contributed by atoms with van der Waals surface area (Å²) in [6, 6.07) is 1.04. The second-order valence-electron chi connectivity index (χ2n) is 9.30. The number of carbonyl (C=O) groups is 1. The minimum Gasteiger partial charge on any atom is -0.347 e. The fourth-order valence-electron chi connectivity index (χ4n) is 5.61. The second kappa shape index (κ2) is 7.78. The van der Waals surface area contributed by atoms with Crippen molar-refractivity contribution in [3.8, 4) is 0 Å². The smallest absolute Gasteiger partial charge is 0.321 e. The number of carbonyl (C=O) groups excluding carboxylic acids is 1. The maximum Gasteiger partial charge on any atom is 0.321 e. The van der Waals surface area contributed by atoms with E-state index in [1.165, 1.54) is 75.8 Å². The van der Waals surface area contributed by atoms with E-state index in [1.54, 1.807) is 0 Å². The zero-order valence-corrected chi connectivity index (χ0v) is 17.5. The third-order valence-corrected chi connectivity index (χ3v) is 8.24. The molecule has 1 aromatic rings. The average molecular weight is 405 g/mol. The number of hydrogen-bond donors (Lipinski definition) is 2. The first-order valence-electron chi connectivity index (χ1n) is 11.1. The molecule has 1 aromatic heterocycles. The summed E-state index contributed by atoms with van der Waals surface area (Å²) in [7, 11) is 0. The van der Waals surface area contributed by atoms with E-state index in [0.29, 0.717) is 16.6 Å². The summed E-state index contributed by atoms with van der Waals surface area (Å²) in [5.74, 6) is 0. The highest BCUT2D eigenvalue weighted by Crippen LogP contribution is 2.44. The topological polar surface area (TPSA) is 73.4 Å². The minimum atomic E-state index is -0.145. The van der Waals surface area contributed by atoms with Gasteiger partial charge in [0.05, 0.1) is 0 Å². The number of anilines is 2. The standard InChI is InChI=1S/C20H32N6OS/c27-17(21-15-5-1-2-6-15)22-18-23-24-19(28-18)25-11-9-20(10-12-25)13-26(14-20)16-7-3-4-8-16/h15-16H,1-14H2,(H2,21,22,23,27). The number of urea groups is 1. The number of piperidine rings is 1. The summed E-state index contributed by atoms with van der Waals surface area (Å²) in [4.78, 5) is 17.2. The summed E-state index contributed by atoms with van der Waals surface area (Å²) in [6.45, 7) is 4.72. The zero-order valence-electron chi connectivity index (χ0n) is 16.7. The maximum absolute atomic E-state index is 12.1. The van der Waals surface area contributed by atoms with Gasteiger partial charge in [0.1, 0.15) is 0 Å². The summed E-state index contributed by atoms with van der Waals surface area (Å²) in [5.41, 5.74) is 0.548. The first kappa shape index (κ1) is 18.6. The third kappa shape index (κ3) is 3.85. The van der Waals surface area contributed by atoms with E-state index in [2.05, 4.69) is 30.6 Å². The van der Waals surface area contributed by atoms with Gasteiger partial charge in [0.25, 0.3) is 0 Å². The SMILES string of the molecule is O=C(Nc1nnc(N2CCC3(CC2)CN(C2CCCC2)C3)s1)NC1CCCC1. The Balaban J connectivity index is 1.09. The summed E-state index contributed by atoms with van der Waals surface area (Å²) in [5, 5.41) is 16.0. The molecule has 2 aliphatic carbocycles. The predicted molar refractivity (Wildman–Crippen MR) is 112 cm³/mol. The highest BCUT2D eigenvalue weighted by atomic mass is 32.1. The molecule has 28 heavy (non-hydrogen) atoms. The van der Waals surface area contributed by atoms with Crippen LogP contribution in [0.4, 0.5) is 15.1 Å². The van der Waals surface area contributed by atoms with Gasteiger partial charge in [-0.05, 0) is 43.9 Å². The highest BCUT2D eigenvalue weighted by molar-refractivity contribution is 7.19. The summed E-state index contributed by atoms with van der Waals surface area (Å²) in [6.07, 6.45) is 12.8. The van der Waals surface area contributed by atoms with E-state index in [1.807, 2.05) is 0 Å². The molecule has 0 unspecified atom stereocenters. The van der Waals surface area contributed by atoms with Crippen molar-refractivity contribution in [1.82, 2.24) is 20.4 Å². The monoisotopic (exact) mass is 404 g/mol. The van der Waals surface area contributed by atoms with Crippen molar-refractivity contribution in [2.45, 2.75) is 76.3 Å². The molecule has 5 rings (SSSR count). The Kier molecular flexibility index (Phi) is 5.17. The Bertz CT molecular complexity index is 681. The molecule has 2 N–H and O–H groups in total. The Morgan fingerprint density at radius 3 is 2.39 bits per heavy atom. The molecule has 4 aliphatic rings. The molecule has 1 spiro atoms. The van der Waals surface area contributed by atoms with Crippen LogP contribution in [-0.4, -0.2) is 59.4 Å². The number of hydrogen-bond acceptors (Lipinski definition) is 6. The second-order valence-corrected chi connectivity index (χ2v) is 10.3. The van der Waals surface area contributed by atoms with Crippen molar-refractivity contribution >= 4 is 27.6 Å². The molecule has 0 aromatic carbocycles. The molecule has 2 saturated heterocycles. The van der Waals surface area contributed by atoms with Crippen LogP contribution in [-0.2, 0) is 0 Å². The van der Waals surface area contributed by atoms with Crippen LogP contribution >= 0.6 is 11.3 Å². The van der Waals surface area contributed by atoms with Gasteiger partial charge in [-0.1, -0.05) is 37.0 Å². The van der Waals surface area contributed by atoms with Gasteiger partial charge in [-0.3, -0.25) is 10.2 Å². The number of aromatic nitrogens is 2. The van der Waals surface area contributed by atoms with Crippen molar-refractivity contribution in [2.75, 3.05) is 36.4 Å². The van der Waals surface area contributed by atoms with Crippen molar-refractivity contribution in [3.63, 3.8) is 0 Å².